The maximum absolute atomic E-state index is 6.69. The molecule has 5 nitrogen and oxygen atoms in total. The number of fused-ring (bicyclic) bond motifs is 4. The first kappa shape index (κ1) is 18.9. The summed E-state index contributed by atoms with van der Waals surface area (Å²) in [7, 11) is 1.71. The third-order valence-electron chi connectivity index (χ3n) is 6.06. The van der Waals surface area contributed by atoms with Crippen LogP contribution in [0.2, 0.25) is 0 Å². The van der Waals surface area contributed by atoms with E-state index in [-0.39, 0.29) is 11.6 Å². The molecule has 0 unspecified atom stereocenters. The van der Waals surface area contributed by atoms with Gasteiger partial charge >= 0.3 is 0 Å². The van der Waals surface area contributed by atoms with Crippen LogP contribution in [-0.4, -0.2) is 35.8 Å². The molecule has 5 rings (SSSR count). The van der Waals surface area contributed by atoms with Crippen LogP contribution in [0.1, 0.15) is 50.3 Å². The fourth-order valence-electron chi connectivity index (χ4n) is 4.87. The number of hydrazone groups is 1. The molecule has 2 atom stereocenters. The Balaban J connectivity index is 1.63. The van der Waals surface area contributed by atoms with Gasteiger partial charge in [-0.2, -0.15) is 5.10 Å². The van der Waals surface area contributed by atoms with Gasteiger partial charge in [0, 0.05) is 34.9 Å². The average Bonchev–Trinajstić information content (AvgIpc) is 3.15. The van der Waals surface area contributed by atoms with Crippen LogP contribution in [0, 0.1) is 0 Å². The summed E-state index contributed by atoms with van der Waals surface area (Å²) in [5, 5.41) is 7.34. The van der Waals surface area contributed by atoms with E-state index < -0.39 is 5.72 Å². The largest absolute Gasteiger partial charge is 0.496 e. The van der Waals surface area contributed by atoms with Crippen LogP contribution in [-0.2, 0) is 4.74 Å². The lowest BCUT2D eigenvalue weighted by Gasteiger charge is -2.52. The minimum Gasteiger partial charge on any atom is -0.496 e. The molecule has 2 aromatic carbocycles. The molecule has 0 amide bonds. The van der Waals surface area contributed by atoms with E-state index in [2.05, 4.69) is 53.0 Å². The summed E-state index contributed by atoms with van der Waals surface area (Å²) in [4.78, 5) is 0. The average molecular weight is 457 g/mol. The van der Waals surface area contributed by atoms with E-state index >= 15 is 0 Å². The molecule has 0 aliphatic carbocycles. The summed E-state index contributed by atoms with van der Waals surface area (Å²) in [6.45, 7) is 4.91. The zero-order valence-corrected chi connectivity index (χ0v) is 18.5. The number of rotatable bonds is 2. The van der Waals surface area contributed by atoms with E-state index in [1.807, 2.05) is 24.3 Å². The third kappa shape index (κ3) is 3.13. The van der Waals surface area contributed by atoms with Gasteiger partial charge in [0.15, 0.2) is 0 Å². The monoisotopic (exact) mass is 456 g/mol. The number of methoxy groups -OCH3 is 1. The summed E-state index contributed by atoms with van der Waals surface area (Å²) in [6, 6.07) is 14.5. The lowest BCUT2D eigenvalue weighted by Crippen LogP contribution is -2.60. The summed E-state index contributed by atoms with van der Waals surface area (Å²) in [6.07, 6.45) is 2.36. The molecule has 0 N–H and O–H groups in total. The Kier molecular flexibility index (Phi) is 4.40. The van der Waals surface area contributed by atoms with Gasteiger partial charge in [-0.1, -0.05) is 28.1 Å². The van der Waals surface area contributed by atoms with Crippen molar-refractivity contribution in [3.8, 4) is 11.5 Å². The number of hydrogen-bond acceptors (Lipinski definition) is 5. The van der Waals surface area contributed by atoms with E-state index in [0.717, 1.165) is 46.5 Å². The van der Waals surface area contributed by atoms with Crippen molar-refractivity contribution in [2.24, 2.45) is 5.10 Å². The minimum atomic E-state index is -0.503. The molecule has 1 fully saturated rings. The molecule has 152 valence electrons. The summed E-state index contributed by atoms with van der Waals surface area (Å²) >= 11 is 3.62. The van der Waals surface area contributed by atoms with E-state index in [1.54, 1.807) is 7.11 Å². The van der Waals surface area contributed by atoms with Gasteiger partial charge in [0.2, 0.25) is 5.72 Å². The van der Waals surface area contributed by atoms with Crippen molar-refractivity contribution in [3.63, 3.8) is 0 Å². The molecule has 1 saturated heterocycles. The standard InChI is InChI=1S/C23H25BrN2O3/c1-22(2)14-23(10-11-28-22)26-19(17-12-15(24)8-9-21(17)29-23)13-18(25-26)16-6-4-5-7-20(16)27-3/h4-9,12,19H,10-11,13-14H2,1-3H3/t19-,23-/m0/s1. The van der Waals surface area contributed by atoms with Gasteiger partial charge in [-0.05, 0) is 44.2 Å². The first-order valence-corrected chi connectivity index (χ1v) is 10.8. The maximum Gasteiger partial charge on any atom is 0.203 e. The summed E-state index contributed by atoms with van der Waals surface area (Å²) < 4.78 is 19.4. The molecule has 0 bridgehead atoms. The second-order valence-corrected chi connectivity index (χ2v) is 9.49. The summed E-state index contributed by atoms with van der Waals surface area (Å²) in [5.74, 6) is 1.80. The molecular formula is C23H25BrN2O3. The lowest BCUT2D eigenvalue weighted by molar-refractivity contribution is -0.212. The van der Waals surface area contributed by atoms with E-state index in [9.17, 15) is 0 Å². The first-order valence-electron chi connectivity index (χ1n) is 10.0. The fourth-order valence-corrected chi connectivity index (χ4v) is 5.25. The number of benzene rings is 2. The lowest BCUT2D eigenvalue weighted by atomic mass is 9.86. The van der Waals surface area contributed by atoms with Crippen molar-refractivity contribution >= 4 is 21.6 Å². The van der Waals surface area contributed by atoms with Crippen LogP contribution in [0.4, 0.5) is 0 Å². The Hall–Kier alpha value is -2.05. The second kappa shape index (κ2) is 6.74. The van der Waals surface area contributed by atoms with Crippen LogP contribution in [0.3, 0.4) is 0 Å². The molecule has 3 aliphatic rings. The number of nitrogens with zero attached hydrogens (tertiary/aromatic N) is 2. The third-order valence-corrected chi connectivity index (χ3v) is 6.56. The highest BCUT2D eigenvalue weighted by Crippen LogP contribution is 2.52. The molecule has 0 saturated carbocycles. The van der Waals surface area contributed by atoms with Crippen molar-refractivity contribution < 1.29 is 14.2 Å². The highest BCUT2D eigenvalue weighted by Gasteiger charge is 2.54. The number of hydrogen-bond donors (Lipinski definition) is 0. The van der Waals surface area contributed by atoms with Crippen molar-refractivity contribution in [1.29, 1.82) is 0 Å². The summed E-state index contributed by atoms with van der Waals surface area (Å²) in [5.41, 5.74) is 2.48. The molecular weight excluding hydrogens is 432 g/mol. The van der Waals surface area contributed by atoms with Crippen molar-refractivity contribution in [3.05, 3.63) is 58.1 Å². The fraction of sp³-hybridized carbons (Fsp3) is 0.435. The van der Waals surface area contributed by atoms with Gasteiger partial charge < -0.3 is 14.2 Å². The van der Waals surface area contributed by atoms with Gasteiger partial charge in [-0.25, -0.2) is 5.01 Å². The molecule has 29 heavy (non-hydrogen) atoms. The van der Waals surface area contributed by atoms with Crippen molar-refractivity contribution in [2.45, 2.75) is 50.5 Å². The SMILES string of the molecule is COc1ccccc1C1=NN2[C@@H](C1)c1cc(Br)ccc1O[C@]21CCOC(C)(C)C1. The smallest absolute Gasteiger partial charge is 0.203 e. The molecule has 0 aromatic heterocycles. The van der Waals surface area contributed by atoms with Crippen LogP contribution >= 0.6 is 15.9 Å². The second-order valence-electron chi connectivity index (χ2n) is 8.58. The topological polar surface area (TPSA) is 43.3 Å². The molecule has 2 aromatic rings. The molecule has 3 aliphatic heterocycles. The van der Waals surface area contributed by atoms with Gasteiger partial charge in [-0.3, -0.25) is 0 Å². The highest BCUT2D eigenvalue weighted by atomic mass is 79.9. The Labute approximate surface area is 179 Å². The van der Waals surface area contributed by atoms with Gasteiger partial charge in [0.25, 0.3) is 0 Å². The highest BCUT2D eigenvalue weighted by molar-refractivity contribution is 9.10. The molecule has 0 radical (unpaired) electrons. The van der Waals surface area contributed by atoms with Gasteiger partial charge in [0.1, 0.15) is 11.5 Å². The first-order chi connectivity index (χ1) is 13.9. The van der Waals surface area contributed by atoms with Crippen molar-refractivity contribution in [2.75, 3.05) is 13.7 Å². The van der Waals surface area contributed by atoms with E-state index in [0.29, 0.717) is 6.61 Å². The Morgan fingerprint density at radius 3 is 2.83 bits per heavy atom. The zero-order chi connectivity index (χ0) is 20.2. The normalized spacial score (nSPS) is 27.1. The number of ether oxygens (including phenoxy) is 3. The Morgan fingerprint density at radius 1 is 1.21 bits per heavy atom. The molecule has 3 heterocycles. The van der Waals surface area contributed by atoms with E-state index in [1.165, 1.54) is 5.56 Å². The molecule has 6 heteroatoms. The maximum atomic E-state index is 6.69. The van der Waals surface area contributed by atoms with Crippen molar-refractivity contribution in [1.82, 2.24) is 5.01 Å². The van der Waals surface area contributed by atoms with Gasteiger partial charge in [-0.15, -0.1) is 0 Å². The number of para-hydroxylation sites is 1. The quantitative estimate of drug-likeness (QED) is 0.615. The minimum absolute atomic E-state index is 0.130. The van der Waals surface area contributed by atoms with Crippen LogP contribution in [0.15, 0.2) is 52.0 Å². The van der Waals surface area contributed by atoms with Gasteiger partial charge in [0.05, 0.1) is 31.1 Å². The van der Waals surface area contributed by atoms with Crippen LogP contribution in [0.25, 0.3) is 0 Å². The van der Waals surface area contributed by atoms with E-state index in [4.69, 9.17) is 19.3 Å². The van der Waals surface area contributed by atoms with Crippen LogP contribution < -0.4 is 9.47 Å². The Morgan fingerprint density at radius 2 is 2.03 bits per heavy atom. The zero-order valence-electron chi connectivity index (χ0n) is 16.9. The molecule has 1 spiro atoms. The Bertz CT molecular complexity index is 990. The predicted octanol–water partition coefficient (Wildman–Crippen LogP) is 5.29. The van der Waals surface area contributed by atoms with Crippen LogP contribution in [0.5, 0.6) is 11.5 Å². The number of halogens is 1. The predicted molar refractivity (Wildman–Crippen MR) is 115 cm³/mol.